The number of nitrogens with zero attached hydrogens (tertiary/aromatic N) is 5. The summed E-state index contributed by atoms with van der Waals surface area (Å²) < 4.78 is 48.6. The van der Waals surface area contributed by atoms with Crippen LogP contribution < -0.4 is 5.56 Å². The molecule has 0 atom stereocenters. The molecule has 0 aliphatic carbocycles. The highest BCUT2D eigenvalue weighted by molar-refractivity contribution is 5.71. The van der Waals surface area contributed by atoms with E-state index < -0.39 is 12.6 Å². The van der Waals surface area contributed by atoms with Gasteiger partial charge in [-0.1, -0.05) is 5.16 Å². The number of alkyl halides is 3. The number of methoxy groups -OCH3 is 1. The number of amides is 1. The first kappa shape index (κ1) is 27.4. The van der Waals surface area contributed by atoms with Crippen molar-refractivity contribution in [3.8, 4) is 11.5 Å². The van der Waals surface area contributed by atoms with Crippen LogP contribution in [0.4, 0.5) is 13.2 Å². The monoisotopic (exact) mass is 512 g/mol. The summed E-state index contributed by atoms with van der Waals surface area (Å²) in [5, 5.41) is 8.07. The van der Waals surface area contributed by atoms with E-state index in [1.54, 1.807) is 16.5 Å². The molecule has 1 aliphatic heterocycles. The lowest BCUT2D eigenvalue weighted by atomic mass is 9.93. The van der Waals surface area contributed by atoms with E-state index in [-0.39, 0.29) is 41.6 Å². The maximum absolute atomic E-state index is 12.3. The van der Waals surface area contributed by atoms with Crippen molar-refractivity contribution in [1.82, 2.24) is 29.6 Å². The van der Waals surface area contributed by atoms with E-state index in [0.717, 1.165) is 12.1 Å². The third-order valence-electron chi connectivity index (χ3n) is 5.80. The molecule has 13 heteroatoms. The Bertz CT molecular complexity index is 1200. The molecule has 4 rings (SSSR count). The predicted molar refractivity (Wildman–Crippen MR) is 124 cm³/mol. The van der Waals surface area contributed by atoms with Crippen molar-refractivity contribution in [2.24, 2.45) is 0 Å². The number of nitrogens with one attached hydrogen (secondary N) is 1. The smallest absolute Gasteiger partial charge is 0.379 e. The summed E-state index contributed by atoms with van der Waals surface area (Å²) in [5.74, 6) is 0.295. The van der Waals surface area contributed by atoms with E-state index in [4.69, 9.17) is 9.26 Å². The van der Waals surface area contributed by atoms with Gasteiger partial charge in [-0.3, -0.25) is 9.59 Å². The molecule has 0 saturated carbocycles. The van der Waals surface area contributed by atoms with Crippen LogP contribution in [0.3, 0.4) is 0 Å². The number of hydrogen-bond donors (Lipinski definition) is 1. The number of aryl methyl sites for hydroxylation is 1. The molecule has 3 aromatic heterocycles. The Hall–Kier alpha value is -3.22. The summed E-state index contributed by atoms with van der Waals surface area (Å²) in [5.41, 5.74) is 1.21. The zero-order valence-corrected chi connectivity index (χ0v) is 20.8. The van der Waals surface area contributed by atoms with Gasteiger partial charge in [-0.05, 0) is 40.0 Å². The number of carbonyl (C=O) groups is 1. The lowest BCUT2D eigenvalue weighted by molar-refractivity contribution is -0.135. The normalized spacial score (nSPS) is 15.1. The summed E-state index contributed by atoms with van der Waals surface area (Å²) in [6.45, 7) is 7.26. The summed E-state index contributed by atoms with van der Waals surface area (Å²) in [6, 6.07) is 1.49. The molecule has 0 aromatic carbocycles. The van der Waals surface area contributed by atoms with E-state index in [2.05, 4.69) is 20.2 Å². The SMILES string of the molecule is COC(C)(C)C.O=CN1CCC(c2cc(=O)[nH]c3c(-c4nc(CCCC(F)(F)F)no4)cnn23)CC1. The lowest BCUT2D eigenvalue weighted by Crippen LogP contribution is -2.32. The Morgan fingerprint density at radius 2 is 1.92 bits per heavy atom. The van der Waals surface area contributed by atoms with Crippen LogP contribution in [0.15, 0.2) is 21.6 Å². The molecule has 0 radical (unpaired) electrons. The second-order valence-electron chi connectivity index (χ2n) is 9.59. The average Bonchev–Trinajstić information content (AvgIpc) is 3.44. The van der Waals surface area contributed by atoms with Crippen molar-refractivity contribution in [3.63, 3.8) is 0 Å². The average molecular weight is 513 g/mol. The number of hydrogen-bond acceptors (Lipinski definition) is 7. The number of aromatic nitrogens is 5. The van der Waals surface area contributed by atoms with Gasteiger partial charge < -0.3 is 19.1 Å². The second-order valence-corrected chi connectivity index (χ2v) is 9.59. The van der Waals surface area contributed by atoms with Gasteiger partial charge in [0.2, 0.25) is 6.41 Å². The van der Waals surface area contributed by atoms with E-state index in [9.17, 15) is 22.8 Å². The topological polar surface area (TPSA) is 119 Å². The fourth-order valence-corrected chi connectivity index (χ4v) is 3.67. The number of H-pyrrole nitrogens is 1. The van der Waals surface area contributed by atoms with Crippen molar-refractivity contribution in [2.75, 3.05) is 20.2 Å². The van der Waals surface area contributed by atoms with E-state index >= 15 is 0 Å². The molecule has 0 unspecified atom stereocenters. The second kappa shape index (κ2) is 11.2. The van der Waals surface area contributed by atoms with E-state index in [0.29, 0.717) is 37.1 Å². The summed E-state index contributed by atoms with van der Waals surface area (Å²) in [4.78, 5) is 31.7. The van der Waals surface area contributed by atoms with Crippen LogP contribution in [0, 0.1) is 0 Å². The maximum atomic E-state index is 12.3. The first-order valence-corrected chi connectivity index (χ1v) is 11.7. The summed E-state index contributed by atoms with van der Waals surface area (Å²) in [7, 11) is 1.71. The van der Waals surface area contributed by atoms with Crippen LogP contribution in [0.5, 0.6) is 0 Å². The molecule has 0 bridgehead atoms. The predicted octanol–water partition coefficient (Wildman–Crippen LogP) is 3.72. The Morgan fingerprint density at radius 1 is 1.25 bits per heavy atom. The number of piperidine rings is 1. The largest absolute Gasteiger partial charge is 0.389 e. The Labute approximate surface area is 205 Å². The Morgan fingerprint density at radius 3 is 2.50 bits per heavy atom. The van der Waals surface area contributed by atoms with E-state index in [1.807, 2.05) is 20.8 Å². The van der Waals surface area contributed by atoms with Gasteiger partial charge in [0.1, 0.15) is 11.2 Å². The minimum absolute atomic E-state index is 0.0271. The fourth-order valence-electron chi connectivity index (χ4n) is 3.67. The molecule has 1 amide bonds. The van der Waals surface area contributed by atoms with E-state index in [1.165, 1.54) is 12.3 Å². The molecule has 10 nitrogen and oxygen atoms in total. The summed E-state index contributed by atoms with van der Waals surface area (Å²) >= 11 is 0. The first-order chi connectivity index (χ1) is 16.9. The van der Waals surface area contributed by atoms with Gasteiger partial charge in [0.25, 0.3) is 11.4 Å². The Kier molecular flexibility index (Phi) is 8.54. The van der Waals surface area contributed by atoms with Crippen LogP contribution in [-0.4, -0.2) is 68.0 Å². The van der Waals surface area contributed by atoms with Crippen LogP contribution in [-0.2, 0) is 16.0 Å². The number of ether oxygens (including phenoxy) is 1. The highest BCUT2D eigenvalue weighted by atomic mass is 19.4. The van der Waals surface area contributed by atoms with Crippen LogP contribution in [0.2, 0.25) is 0 Å². The number of halogens is 3. The zero-order chi connectivity index (χ0) is 26.5. The van der Waals surface area contributed by atoms with Crippen LogP contribution in [0.25, 0.3) is 17.1 Å². The highest BCUT2D eigenvalue weighted by Gasteiger charge is 2.27. The number of rotatable bonds is 6. The fraction of sp³-hybridized carbons (Fsp3) is 0.609. The van der Waals surface area contributed by atoms with Crippen molar-refractivity contribution in [2.45, 2.75) is 70.6 Å². The molecule has 1 saturated heterocycles. The lowest BCUT2D eigenvalue weighted by Gasteiger charge is -2.29. The number of carbonyl (C=O) groups excluding carboxylic acids is 1. The van der Waals surface area contributed by atoms with Crippen LogP contribution in [0.1, 0.15) is 63.9 Å². The minimum Gasteiger partial charge on any atom is -0.379 e. The van der Waals surface area contributed by atoms with Gasteiger partial charge in [-0.25, -0.2) is 4.52 Å². The molecule has 3 aromatic rings. The maximum Gasteiger partial charge on any atom is 0.389 e. The Balaban J connectivity index is 0.000000538. The van der Waals surface area contributed by atoms with Gasteiger partial charge >= 0.3 is 6.18 Å². The number of fused-ring (bicyclic) bond motifs is 1. The highest BCUT2D eigenvalue weighted by Crippen LogP contribution is 2.29. The molecular formula is C23H31F3N6O4. The van der Waals surface area contributed by atoms with Crippen LogP contribution >= 0.6 is 0 Å². The molecule has 198 valence electrons. The minimum atomic E-state index is -4.23. The quantitative estimate of drug-likeness (QED) is 0.500. The molecule has 0 spiro atoms. The van der Waals surface area contributed by atoms with Gasteiger partial charge in [0.15, 0.2) is 5.82 Å². The molecular weight excluding hydrogens is 481 g/mol. The standard InChI is InChI=1S/C18H19F3N6O3.C5H12O/c19-18(20,21)5-1-2-14-23-17(30-25-14)12-9-22-27-13(8-15(29)24-16(12)27)11-3-6-26(10-28)7-4-11;1-5(2,3)6-4/h8-11H,1-7H2,(H,24,29);1-4H3. The van der Waals surface area contributed by atoms with Gasteiger partial charge in [0.05, 0.1) is 17.5 Å². The third kappa shape index (κ3) is 7.39. The molecule has 36 heavy (non-hydrogen) atoms. The van der Waals surface area contributed by atoms with Gasteiger partial charge in [-0.2, -0.15) is 23.3 Å². The van der Waals surface area contributed by atoms with Crippen molar-refractivity contribution in [1.29, 1.82) is 0 Å². The van der Waals surface area contributed by atoms with Crippen molar-refractivity contribution >= 4 is 12.1 Å². The number of likely N-dealkylation sites (tertiary alicyclic amines) is 1. The van der Waals surface area contributed by atoms with Gasteiger partial charge in [-0.15, -0.1) is 0 Å². The first-order valence-electron chi connectivity index (χ1n) is 11.7. The van der Waals surface area contributed by atoms with Crippen molar-refractivity contribution in [3.05, 3.63) is 34.1 Å². The molecule has 1 fully saturated rings. The third-order valence-corrected chi connectivity index (χ3v) is 5.80. The molecule has 1 aliphatic rings. The summed E-state index contributed by atoms with van der Waals surface area (Å²) in [6.07, 6.45) is -1.57. The molecule has 4 heterocycles. The zero-order valence-electron chi connectivity index (χ0n) is 20.8. The molecule has 1 N–H and O–H groups in total. The van der Waals surface area contributed by atoms with Crippen molar-refractivity contribution < 1.29 is 27.2 Å². The van der Waals surface area contributed by atoms with Gasteiger partial charge in [0, 0.05) is 45.0 Å². The number of aromatic amines is 1.